The summed E-state index contributed by atoms with van der Waals surface area (Å²) in [4.78, 5) is 0. The Kier molecular flexibility index (Phi) is 4.73. The second-order valence-electron chi connectivity index (χ2n) is 5.46. The molecule has 3 heteroatoms. The SMILES string of the molecule is CCCNCc1ccc2ccn(CCc3ccsc3)c2c1. The van der Waals surface area contributed by atoms with Crippen LogP contribution in [0.1, 0.15) is 24.5 Å². The van der Waals surface area contributed by atoms with Crippen LogP contribution in [0.25, 0.3) is 10.9 Å². The van der Waals surface area contributed by atoms with Gasteiger partial charge < -0.3 is 9.88 Å². The van der Waals surface area contributed by atoms with Gasteiger partial charge in [-0.1, -0.05) is 19.1 Å². The molecule has 0 aliphatic carbocycles. The average Bonchev–Trinajstić information content (AvgIpc) is 3.14. The van der Waals surface area contributed by atoms with Gasteiger partial charge in [0.05, 0.1) is 0 Å². The monoisotopic (exact) mass is 298 g/mol. The van der Waals surface area contributed by atoms with Crippen molar-refractivity contribution in [1.82, 2.24) is 9.88 Å². The van der Waals surface area contributed by atoms with Crippen LogP contribution in [0.4, 0.5) is 0 Å². The van der Waals surface area contributed by atoms with Gasteiger partial charge in [-0.3, -0.25) is 0 Å². The van der Waals surface area contributed by atoms with E-state index in [0.717, 1.165) is 26.1 Å². The smallest absolute Gasteiger partial charge is 0.0483 e. The highest BCUT2D eigenvalue weighted by Crippen LogP contribution is 2.19. The van der Waals surface area contributed by atoms with Crippen molar-refractivity contribution in [2.45, 2.75) is 32.9 Å². The number of nitrogens with one attached hydrogen (secondary N) is 1. The molecule has 2 heterocycles. The zero-order valence-corrected chi connectivity index (χ0v) is 13.3. The van der Waals surface area contributed by atoms with Crippen LogP contribution in [0, 0.1) is 0 Å². The van der Waals surface area contributed by atoms with Gasteiger partial charge in [-0.15, -0.1) is 0 Å². The van der Waals surface area contributed by atoms with Crippen molar-refractivity contribution >= 4 is 22.2 Å². The van der Waals surface area contributed by atoms with E-state index in [1.54, 1.807) is 11.3 Å². The Balaban J connectivity index is 1.74. The summed E-state index contributed by atoms with van der Waals surface area (Å²) in [5.41, 5.74) is 4.15. The molecule has 0 aliphatic heterocycles. The van der Waals surface area contributed by atoms with Gasteiger partial charge in [0.25, 0.3) is 0 Å². The third kappa shape index (κ3) is 3.55. The molecule has 0 amide bonds. The Bertz CT molecular complexity index is 682. The first-order chi connectivity index (χ1) is 10.4. The second-order valence-corrected chi connectivity index (χ2v) is 6.24. The van der Waals surface area contributed by atoms with E-state index in [2.05, 4.69) is 64.1 Å². The summed E-state index contributed by atoms with van der Waals surface area (Å²) < 4.78 is 2.37. The fraction of sp³-hybridized carbons (Fsp3) is 0.333. The van der Waals surface area contributed by atoms with Crippen molar-refractivity contribution in [3.63, 3.8) is 0 Å². The summed E-state index contributed by atoms with van der Waals surface area (Å²) in [5, 5.41) is 9.20. The Morgan fingerprint density at radius 3 is 2.90 bits per heavy atom. The number of aryl methyl sites for hydroxylation is 2. The molecular weight excluding hydrogens is 276 g/mol. The molecule has 0 fully saturated rings. The molecule has 0 saturated carbocycles. The quantitative estimate of drug-likeness (QED) is 0.638. The highest BCUT2D eigenvalue weighted by Gasteiger charge is 2.03. The van der Waals surface area contributed by atoms with Gasteiger partial charge >= 0.3 is 0 Å². The second kappa shape index (κ2) is 6.92. The highest BCUT2D eigenvalue weighted by molar-refractivity contribution is 7.07. The predicted molar refractivity (Wildman–Crippen MR) is 92.0 cm³/mol. The number of aromatic nitrogens is 1. The van der Waals surface area contributed by atoms with E-state index in [-0.39, 0.29) is 0 Å². The molecule has 1 N–H and O–H groups in total. The number of nitrogens with zero attached hydrogens (tertiary/aromatic N) is 1. The molecule has 21 heavy (non-hydrogen) atoms. The molecule has 3 aromatic rings. The van der Waals surface area contributed by atoms with Gasteiger partial charge in [-0.05, 0) is 64.9 Å². The molecule has 0 atom stereocenters. The Morgan fingerprint density at radius 1 is 1.14 bits per heavy atom. The van der Waals surface area contributed by atoms with Crippen LogP contribution in [0.3, 0.4) is 0 Å². The van der Waals surface area contributed by atoms with E-state index >= 15 is 0 Å². The van der Waals surface area contributed by atoms with E-state index < -0.39 is 0 Å². The molecule has 0 bridgehead atoms. The summed E-state index contributed by atoms with van der Waals surface area (Å²) in [6.45, 7) is 5.29. The van der Waals surface area contributed by atoms with Crippen LogP contribution in [0.15, 0.2) is 47.3 Å². The molecule has 0 radical (unpaired) electrons. The third-order valence-corrected chi connectivity index (χ3v) is 4.55. The van der Waals surface area contributed by atoms with E-state index in [4.69, 9.17) is 0 Å². The third-order valence-electron chi connectivity index (χ3n) is 3.82. The number of hydrogen-bond donors (Lipinski definition) is 1. The largest absolute Gasteiger partial charge is 0.347 e. The molecule has 110 valence electrons. The summed E-state index contributed by atoms with van der Waals surface area (Å²) in [6.07, 6.45) is 4.49. The van der Waals surface area contributed by atoms with Gasteiger partial charge in [0.2, 0.25) is 0 Å². The Morgan fingerprint density at radius 2 is 2.10 bits per heavy atom. The molecule has 3 rings (SSSR count). The van der Waals surface area contributed by atoms with Crippen molar-refractivity contribution in [3.8, 4) is 0 Å². The first-order valence-electron chi connectivity index (χ1n) is 7.66. The van der Waals surface area contributed by atoms with Crippen LogP contribution < -0.4 is 5.32 Å². The molecule has 0 spiro atoms. The van der Waals surface area contributed by atoms with Crippen LogP contribution in [-0.2, 0) is 19.5 Å². The van der Waals surface area contributed by atoms with Gasteiger partial charge in [0.15, 0.2) is 0 Å². The minimum absolute atomic E-state index is 0.958. The van der Waals surface area contributed by atoms with Crippen molar-refractivity contribution in [1.29, 1.82) is 0 Å². The van der Waals surface area contributed by atoms with Crippen LogP contribution in [0.5, 0.6) is 0 Å². The fourth-order valence-corrected chi connectivity index (χ4v) is 3.33. The lowest BCUT2D eigenvalue weighted by Gasteiger charge is -2.07. The Hall–Kier alpha value is -1.58. The van der Waals surface area contributed by atoms with Gasteiger partial charge in [-0.25, -0.2) is 0 Å². The number of fused-ring (bicyclic) bond motifs is 1. The average molecular weight is 298 g/mol. The predicted octanol–water partition coefficient (Wildman–Crippen LogP) is 4.45. The minimum Gasteiger partial charge on any atom is -0.347 e. The maximum Gasteiger partial charge on any atom is 0.0483 e. The van der Waals surface area contributed by atoms with E-state index in [1.807, 2.05) is 0 Å². The minimum atomic E-state index is 0.958. The number of benzene rings is 1. The van der Waals surface area contributed by atoms with E-state index in [0.29, 0.717) is 0 Å². The van der Waals surface area contributed by atoms with Gasteiger partial charge in [0.1, 0.15) is 0 Å². The summed E-state index contributed by atoms with van der Waals surface area (Å²) in [6, 6.07) is 11.2. The van der Waals surface area contributed by atoms with E-state index in [1.165, 1.54) is 28.5 Å². The zero-order valence-electron chi connectivity index (χ0n) is 12.5. The van der Waals surface area contributed by atoms with Gasteiger partial charge in [-0.2, -0.15) is 11.3 Å². The van der Waals surface area contributed by atoms with Crippen LogP contribution in [-0.4, -0.2) is 11.1 Å². The highest BCUT2D eigenvalue weighted by atomic mass is 32.1. The first kappa shape index (κ1) is 14.4. The van der Waals surface area contributed by atoms with Gasteiger partial charge in [0, 0.05) is 24.8 Å². The van der Waals surface area contributed by atoms with Crippen molar-refractivity contribution in [2.24, 2.45) is 0 Å². The fourth-order valence-electron chi connectivity index (χ4n) is 2.63. The van der Waals surface area contributed by atoms with Crippen molar-refractivity contribution in [3.05, 3.63) is 58.4 Å². The molecule has 0 saturated heterocycles. The lowest BCUT2D eigenvalue weighted by atomic mass is 10.1. The first-order valence-corrected chi connectivity index (χ1v) is 8.60. The van der Waals surface area contributed by atoms with Crippen LogP contribution in [0.2, 0.25) is 0 Å². The van der Waals surface area contributed by atoms with Crippen molar-refractivity contribution in [2.75, 3.05) is 6.54 Å². The molecule has 1 aromatic carbocycles. The molecule has 2 nitrogen and oxygen atoms in total. The number of hydrogen-bond acceptors (Lipinski definition) is 2. The Labute approximate surface area is 130 Å². The molecular formula is C18H22N2S. The van der Waals surface area contributed by atoms with Crippen molar-refractivity contribution < 1.29 is 0 Å². The molecule has 0 aliphatic rings. The number of rotatable bonds is 7. The maximum absolute atomic E-state index is 3.47. The normalized spacial score (nSPS) is 11.3. The van der Waals surface area contributed by atoms with Crippen LogP contribution >= 0.6 is 11.3 Å². The summed E-state index contributed by atoms with van der Waals surface area (Å²) in [7, 11) is 0. The summed E-state index contributed by atoms with van der Waals surface area (Å²) >= 11 is 1.78. The lowest BCUT2D eigenvalue weighted by molar-refractivity contribution is 0.675. The standard InChI is InChI=1S/C18H22N2S/c1-2-8-19-13-16-3-4-17-6-10-20(18(17)12-16)9-5-15-7-11-21-14-15/h3-4,6-7,10-12,14,19H,2,5,8-9,13H2,1H3. The number of thiophene rings is 1. The maximum atomic E-state index is 3.47. The van der Waals surface area contributed by atoms with E-state index in [9.17, 15) is 0 Å². The lowest BCUT2D eigenvalue weighted by Crippen LogP contribution is -2.13. The molecule has 2 aromatic heterocycles. The topological polar surface area (TPSA) is 17.0 Å². The zero-order chi connectivity index (χ0) is 14.5. The molecule has 0 unspecified atom stereocenters. The summed E-state index contributed by atoms with van der Waals surface area (Å²) in [5.74, 6) is 0.